The molecule has 1 saturated heterocycles. The number of rotatable bonds is 4. The van der Waals surface area contributed by atoms with Gasteiger partial charge in [-0.05, 0) is 20.0 Å². The molecule has 18 heavy (non-hydrogen) atoms. The number of ether oxygens (including phenoxy) is 1. The highest BCUT2D eigenvalue weighted by atomic mass is 16.5. The van der Waals surface area contributed by atoms with Crippen molar-refractivity contribution in [2.24, 2.45) is 0 Å². The van der Waals surface area contributed by atoms with E-state index in [2.05, 4.69) is 20.2 Å². The van der Waals surface area contributed by atoms with Crippen LogP contribution in [-0.2, 0) is 4.74 Å². The summed E-state index contributed by atoms with van der Waals surface area (Å²) in [6.45, 7) is 4.56. The first-order valence-electron chi connectivity index (χ1n) is 6.10. The Morgan fingerprint density at radius 3 is 3.11 bits per heavy atom. The SMILES string of the molecule is Cc1ccnc(NCC2(CO)COCCN2C)n1. The van der Waals surface area contributed by atoms with Crippen LogP contribution in [0.4, 0.5) is 5.95 Å². The van der Waals surface area contributed by atoms with Crippen molar-refractivity contribution in [1.82, 2.24) is 14.9 Å². The minimum Gasteiger partial charge on any atom is -0.394 e. The first kappa shape index (κ1) is 13.2. The van der Waals surface area contributed by atoms with Crippen LogP contribution in [0.5, 0.6) is 0 Å². The summed E-state index contributed by atoms with van der Waals surface area (Å²) in [5.41, 5.74) is 0.518. The maximum Gasteiger partial charge on any atom is 0.222 e. The Morgan fingerprint density at radius 1 is 1.61 bits per heavy atom. The Balaban J connectivity index is 2.02. The fourth-order valence-corrected chi connectivity index (χ4v) is 2.00. The standard InChI is InChI=1S/C12H20N4O2/c1-10-3-4-13-11(15-10)14-7-12(8-17)9-18-6-5-16(12)2/h3-4,17H,5-9H2,1-2H3,(H,13,14,15). The fourth-order valence-electron chi connectivity index (χ4n) is 2.00. The number of nitrogens with one attached hydrogen (secondary N) is 1. The summed E-state index contributed by atoms with van der Waals surface area (Å²) >= 11 is 0. The smallest absolute Gasteiger partial charge is 0.222 e. The van der Waals surface area contributed by atoms with Gasteiger partial charge in [0, 0.05) is 25.0 Å². The number of hydrogen-bond acceptors (Lipinski definition) is 6. The number of nitrogens with zero attached hydrogens (tertiary/aromatic N) is 3. The molecule has 2 heterocycles. The van der Waals surface area contributed by atoms with Crippen LogP contribution < -0.4 is 5.32 Å². The van der Waals surface area contributed by atoms with Crippen LogP contribution >= 0.6 is 0 Å². The predicted octanol–water partition coefficient (Wildman–Crippen LogP) is -0.110. The van der Waals surface area contributed by atoms with E-state index in [4.69, 9.17) is 4.74 Å². The van der Waals surface area contributed by atoms with Gasteiger partial charge in [-0.2, -0.15) is 0 Å². The molecule has 0 spiro atoms. The summed E-state index contributed by atoms with van der Waals surface area (Å²) in [4.78, 5) is 10.6. The van der Waals surface area contributed by atoms with E-state index in [1.165, 1.54) is 0 Å². The summed E-state index contributed by atoms with van der Waals surface area (Å²) < 4.78 is 5.48. The molecule has 1 aromatic rings. The van der Waals surface area contributed by atoms with Gasteiger partial charge in [0.25, 0.3) is 0 Å². The summed E-state index contributed by atoms with van der Waals surface area (Å²) in [6, 6.07) is 1.85. The van der Waals surface area contributed by atoms with Crippen LogP contribution in [0.15, 0.2) is 12.3 Å². The zero-order valence-electron chi connectivity index (χ0n) is 10.9. The number of hydrogen-bond donors (Lipinski definition) is 2. The van der Waals surface area contributed by atoms with E-state index in [1.807, 2.05) is 20.0 Å². The van der Waals surface area contributed by atoms with Gasteiger partial charge in [-0.15, -0.1) is 0 Å². The molecule has 1 aliphatic rings. The topological polar surface area (TPSA) is 70.5 Å². The van der Waals surface area contributed by atoms with E-state index in [0.717, 1.165) is 12.2 Å². The summed E-state index contributed by atoms with van der Waals surface area (Å²) in [6.07, 6.45) is 1.72. The van der Waals surface area contributed by atoms with Crippen LogP contribution in [0.1, 0.15) is 5.69 Å². The molecule has 6 heteroatoms. The molecule has 1 aliphatic heterocycles. The fraction of sp³-hybridized carbons (Fsp3) is 0.667. The highest BCUT2D eigenvalue weighted by Crippen LogP contribution is 2.18. The van der Waals surface area contributed by atoms with E-state index in [9.17, 15) is 5.11 Å². The summed E-state index contributed by atoms with van der Waals surface area (Å²) in [7, 11) is 2.00. The zero-order chi connectivity index (χ0) is 13.0. The first-order chi connectivity index (χ1) is 8.66. The second-order valence-corrected chi connectivity index (χ2v) is 4.73. The van der Waals surface area contributed by atoms with Gasteiger partial charge in [-0.1, -0.05) is 0 Å². The molecule has 6 nitrogen and oxygen atoms in total. The Bertz CT molecular complexity index is 401. The quantitative estimate of drug-likeness (QED) is 0.779. The van der Waals surface area contributed by atoms with Crippen molar-refractivity contribution in [2.45, 2.75) is 12.5 Å². The van der Waals surface area contributed by atoms with Crippen molar-refractivity contribution in [3.05, 3.63) is 18.0 Å². The molecule has 1 unspecified atom stereocenters. The second kappa shape index (κ2) is 5.60. The lowest BCUT2D eigenvalue weighted by Gasteiger charge is -2.43. The van der Waals surface area contributed by atoms with E-state index in [1.54, 1.807) is 6.20 Å². The lowest BCUT2D eigenvalue weighted by molar-refractivity contribution is -0.0726. The van der Waals surface area contributed by atoms with Crippen LogP contribution in [0, 0.1) is 6.92 Å². The molecule has 0 aromatic carbocycles. The third-order valence-electron chi connectivity index (χ3n) is 3.42. The van der Waals surface area contributed by atoms with Gasteiger partial charge in [-0.25, -0.2) is 9.97 Å². The minimum atomic E-state index is -0.397. The molecule has 1 aromatic heterocycles. The summed E-state index contributed by atoms with van der Waals surface area (Å²) in [5.74, 6) is 0.585. The van der Waals surface area contributed by atoms with Gasteiger partial charge in [0.1, 0.15) is 0 Å². The molecular weight excluding hydrogens is 232 g/mol. The molecule has 0 radical (unpaired) electrons. The van der Waals surface area contributed by atoms with Gasteiger partial charge in [0.05, 0.1) is 25.4 Å². The van der Waals surface area contributed by atoms with E-state index >= 15 is 0 Å². The number of aliphatic hydroxyl groups is 1. The monoisotopic (exact) mass is 252 g/mol. The average molecular weight is 252 g/mol. The van der Waals surface area contributed by atoms with Crippen LogP contribution in [-0.4, -0.2) is 65.5 Å². The lowest BCUT2D eigenvalue weighted by Crippen LogP contribution is -2.61. The van der Waals surface area contributed by atoms with Crippen molar-refractivity contribution < 1.29 is 9.84 Å². The van der Waals surface area contributed by atoms with E-state index in [0.29, 0.717) is 25.7 Å². The molecule has 0 bridgehead atoms. The number of aromatic nitrogens is 2. The largest absolute Gasteiger partial charge is 0.394 e. The zero-order valence-corrected chi connectivity index (χ0v) is 10.9. The van der Waals surface area contributed by atoms with Gasteiger partial charge >= 0.3 is 0 Å². The van der Waals surface area contributed by atoms with Crippen molar-refractivity contribution in [1.29, 1.82) is 0 Å². The van der Waals surface area contributed by atoms with Crippen molar-refractivity contribution >= 4 is 5.95 Å². The molecule has 2 N–H and O–H groups in total. The number of morpholine rings is 1. The average Bonchev–Trinajstić information content (AvgIpc) is 2.38. The maximum atomic E-state index is 9.64. The highest BCUT2D eigenvalue weighted by molar-refractivity contribution is 5.26. The lowest BCUT2D eigenvalue weighted by atomic mass is 9.98. The Hall–Kier alpha value is -1.24. The Kier molecular flexibility index (Phi) is 4.11. The molecule has 1 atom stereocenters. The third-order valence-corrected chi connectivity index (χ3v) is 3.42. The van der Waals surface area contributed by atoms with Gasteiger partial charge < -0.3 is 15.2 Å². The number of likely N-dealkylation sites (N-methyl/N-ethyl adjacent to an activating group) is 1. The number of anilines is 1. The molecular formula is C12H20N4O2. The summed E-state index contributed by atoms with van der Waals surface area (Å²) in [5, 5.41) is 12.8. The van der Waals surface area contributed by atoms with Gasteiger partial charge in [-0.3, -0.25) is 4.90 Å². The van der Waals surface area contributed by atoms with E-state index < -0.39 is 5.54 Å². The van der Waals surface area contributed by atoms with Gasteiger partial charge in [0.2, 0.25) is 5.95 Å². The first-order valence-corrected chi connectivity index (χ1v) is 6.10. The van der Waals surface area contributed by atoms with Crippen molar-refractivity contribution in [2.75, 3.05) is 45.3 Å². The second-order valence-electron chi connectivity index (χ2n) is 4.73. The Labute approximate surface area is 107 Å². The molecule has 100 valence electrons. The number of aliphatic hydroxyl groups excluding tert-OH is 1. The van der Waals surface area contributed by atoms with Crippen LogP contribution in [0.2, 0.25) is 0 Å². The van der Waals surface area contributed by atoms with Crippen molar-refractivity contribution in [3.8, 4) is 0 Å². The van der Waals surface area contributed by atoms with Crippen molar-refractivity contribution in [3.63, 3.8) is 0 Å². The maximum absolute atomic E-state index is 9.64. The number of aryl methyl sites for hydroxylation is 1. The molecule has 0 amide bonds. The van der Waals surface area contributed by atoms with Crippen LogP contribution in [0.25, 0.3) is 0 Å². The molecule has 0 saturated carbocycles. The molecule has 2 rings (SSSR count). The third kappa shape index (κ3) is 2.77. The molecule has 0 aliphatic carbocycles. The Morgan fingerprint density at radius 2 is 2.44 bits per heavy atom. The van der Waals surface area contributed by atoms with Gasteiger partial charge in [0.15, 0.2) is 0 Å². The minimum absolute atomic E-state index is 0.0440. The predicted molar refractivity (Wildman–Crippen MR) is 68.5 cm³/mol. The normalized spacial score (nSPS) is 25.1. The highest BCUT2D eigenvalue weighted by Gasteiger charge is 2.37. The molecule has 1 fully saturated rings. The van der Waals surface area contributed by atoms with Crippen LogP contribution in [0.3, 0.4) is 0 Å². The van der Waals surface area contributed by atoms with E-state index in [-0.39, 0.29) is 6.61 Å².